The van der Waals surface area contributed by atoms with Crippen LogP contribution in [0.3, 0.4) is 0 Å². The van der Waals surface area contributed by atoms with E-state index < -0.39 is 0 Å². The van der Waals surface area contributed by atoms with Gasteiger partial charge in [0.2, 0.25) is 0 Å². The molecule has 1 aliphatic rings. The highest BCUT2D eigenvalue weighted by Gasteiger charge is 2.35. The number of hydrogen-bond donors (Lipinski definition) is 2. The molecule has 0 saturated heterocycles. The van der Waals surface area contributed by atoms with Crippen molar-refractivity contribution in [1.82, 2.24) is 14.9 Å². The molecule has 3 rings (SSSR count). The van der Waals surface area contributed by atoms with Gasteiger partial charge in [0.1, 0.15) is 0 Å². The number of aryl methyl sites for hydroxylation is 1. The third-order valence-corrected chi connectivity index (χ3v) is 4.56. The largest absolute Gasteiger partial charge is 0.393 e. The molecule has 1 saturated carbocycles. The van der Waals surface area contributed by atoms with Crippen molar-refractivity contribution in [3.8, 4) is 0 Å². The lowest BCUT2D eigenvalue weighted by atomic mass is 9.76. The molecule has 6 nitrogen and oxygen atoms in total. The molecule has 6 heteroatoms. The zero-order valence-corrected chi connectivity index (χ0v) is 13.6. The highest BCUT2D eigenvalue weighted by molar-refractivity contribution is 5.94. The number of amides is 1. The summed E-state index contributed by atoms with van der Waals surface area (Å²) >= 11 is 0. The molecule has 126 valence electrons. The molecule has 0 radical (unpaired) electrons. The van der Waals surface area contributed by atoms with Gasteiger partial charge in [-0.2, -0.15) is 0 Å². The van der Waals surface area contributed by atoms with Crippen LogP contribution in [0.5, 0.6) is 0 Å². The van der Waals surface area contributed by atoms with Crippen molar-refractivity contribution < 1.29 is 9.90 Å². The fraction of sp³-hybridized carbons (Fsp3) is 0.389. The fourth-order valence-corrected chi connectivity index (χ4v) is 2.98. The number of aliphatic hydroxyl groups excluding tert-OH is 1. The van der Waals surface area contributed by atoms with Gasteiger partial charge >= 0.3 is 0 Å². The standard InChI is InChI=1S/C18H21N3O3/c1-21-7-5-12(10-17(21)23)18(24)20-16(13-8-15(22)9-13)11-14-4-2-3-6-19-14/h2-7,10,13,15-16,22H,8-9,11H2,1H3,(H,20,24)/t13?,15?,16-/m1/s1. The van der Waals surface area contributed by atoms with Gasteiger partial charge < -0.3 is 15.0 Å². The predicted octanol–water partition coefficient (Wildman–Crippen LogP) is 0.892. The summed E-state index contributed by atoms with van der Waals surface area (Å²) < 4.78 is 1.42. The van der Waals surface area contributed by atoms with Crippen LogP contribution in [0, 0.1) is 5.92 Å². The normalized spacial score (nSPS) is 20.9. The Balaban J connectivity index is 1.74. The molecular formula is C18H21N3O3. The van der Waals surface area contributed by atoms with E-state index in [4.69, 9.17) is 0 Å². The molecule has 2 N–H and O–H groups in total. The number of aromatic nitrogens is 2. The molecule has 0 spiro atoms. The lowest BCUT2D eigenvalue weighted by Gasteiger charge is -2.38. The Bertz CT molecular complexity index is 767. The van der Waals surface area contributed by atoms with Crippen LogP contribution in [0.4, 0.5) is 0 Å². The first-order valence-electron chi connectivity index (χ1n) is 8.08. The first-order valence-corrected chi connectivity index (χ1v) is 8.08. The highest BCUT2D eigenvalue weighted by Crippen LogP contribution is 2.31. The summed E-state index contributed by atoms with van der Waals surface area (Å²) in [5.74, 6) is -0.0486. The van der Waals surface area contributed by atoms with Crippen molar-refractivity contribution in [2.75, 3.05) is 0 Å². The number of carbonyl (C=O) groups is 1. The minimum atomic E-state index is -0.290. The van der Waals surface area contributed by atoms with Gasteiger partial charge in [-0.1, -0.05) is 6.07 Å². The quantitative estimate of drug-likeness (QED) is 0.854. The lowest BCUT2D eigenvalue weighted by Crippen LogP contribution is -2.48. The van der Waals surface area contributed by atoms with Crippen molar-refractivity contribution in [1.29, 1.82) is 0 Å². The maximum absolute atomic E-state index is 12.5. The molecule has 0 unspecified atom stereocenters. The van der Waals surface area contributed by atoms with E-state index in [1.807, 2.05) is 18.2 Å². The maximum Gasteiger partial charge on any atom is 0.251 e. The summed E-state index contributed by atoms with van der Waals surface area (Å²) in [6.07, 6.45) is 4.97. The van der Waals surface area contributed by atoms with E-state index in [9.17, 15) is 14.7 Å². The zero-order valence-electron chi connectivity index (χ0n) is 13.6. The number of carbonyl (C=O) groups excluding carboxylic acids is 1. The van der Waals surface area contributed by atoms with Crippen LogP contribution in [0.2, 0.25) is 0 Å². The number of nitrogens with zero attached hydrogens (tertiary/aromatic N) is 2. The third kappa shape index (κ3) is 3.71. The van der Waals surface area contributed by atoms with E-state index in [2.05, 4.69) is 10.3 Å². The van der Waals surface area contributed by atoms with Crippen LogP contribution in [-0.2, 0) is 13.5 Å². The molecular weight excluding hydrogens is 306 g/mol. The van der Waals surface area contributed by atoms with E-state index in [1.54, 1.807) is 25.5 Å². The van der Waals surface area contributed by atoms with E-state index >= 15 is 0 Å². The Kier molecular flexibility index (Phi) is 4.76. The molecule has 0 aromatic carbocycles. The van der Waals surface area contributed by atoms with Crippen molar-refractivity contribution >= 4 is 5.91 Å². The highest BCUT2D eigenvalue weighted by atomic mass is 16.3. The predicted molar refractivity (Wildman–Crippen MR) is 89.6 cm³/mol. The Labute approximate surface area is 140 Å². The second-order valence-electron chi connectivity index (χ2n) is 6.36. The topological polar surface area (TPSA) is 84.2 Å². The van der Waals surface area contributed by atoms with E-state index in [1.165, 1.54) is 10.6 Å². The van der Waals surface area contributed by atoms with Gasteiger partial charge in [0.05, 0.1) is 6.10 Å². The summed E-state index contributed by atoms with van der Waals surface area (Å²) in [4.78, 5) is 28.5. The first kappa shape index (κ1) is 16.4. The van der Waals surface area contributed by atoms with Crippen LogP contribution in [0.1, 0.15) is 28.9 Å². The van der Waals surface area contributed by atoms with Crippen LogP contribution < -0.4 is 10.9 Å². The maximum atomic E-state index is 12.5. The zero-order chi connectivity index (χ0) is 17.1. The van der Waals surface area contributed by atoms with Gasteiger partial charge in [0.25, 0.3) is 11.5 Å². The molecule has 2 aromatic rings. The van der Waals surface area contributed by atoms with Gasteiger partial charge in [-0.25, -0.2) is 0 Å². The monoisotopic (exact) mass is 327 g/mol. The second-order valence-corrected chi connectivity index (χ2v) is 6.36. The van der Waals surface area contributed by atoms with Crippen molar-refractivity contribution in [2.24, 2.45) is 13.0 Å². The average molecular weight is 327 g/mol. The van der Waals surface area contributed by atoms with Crippen LogP contribution >= 0.6 is 0 Å². The molecule has 1 amide bonds. The van der Waals surface area contributed by atoms with Gasteiger partial charge in [0, 0.05) is 49.2 Å². The van der Waals surface area contributed by atoms with Crippen molar-refractivity contribution in [3.63, 3.8) is 0 Å². The minimum absolute atomic E-state index is 0.111. The molecule has 2 heterocycles. The van der Waals surface area contributed by atoms with E-state index in [-0.39, 0.29) is 29.5 Å². The minimum Gasteiger partial charge on any atom is -0.393 e. The average Bonchev–Trinajstić information content (AvgIpc) is 2.55. The Morgan fingerprint density at radius 2 is 2.21 bits per heavy atom. The molecule has 0 bridgehead atoms. The van der Waals surface area contributed by atoms with E-state index in [0.717, 1.165) is 5.69 Å². The number of pyridine rings is 2. The molecule has 1 fully saturated rings. The second kappa shape index (κ2) is 6.97. The molecule has 0 aliphatic heterocycles. The first-order chi connectivity index (χ1) is 11.5. The Hall–Kier alpha value is -2.47. The van der Waals surface area contributed by atoms with Crippen LogP contribution in [0.15, 0.2) is 47.5 Å². The number of aliphatic hydroxyl groups is 1. The Morgan fingerprint density at radius 3 is 2.83 bits per heavy atom. The summed E-state index contributed by atoms with van der Waals surface area (Å²) in [7, 11) is 1.64. The summed E-state index contributed by atoms with van der Waals surface area (Å²) in [6.45, 7) is 0. The number of hydrogen-bond acceptors (Lipinski definition) is 4. The summed E-state index contributed by atoms with van der Waals surface area (Å²) in [5, 5.41) is 12.6. The SMILES string of the molecule is Cn1ccc(C(=O)N[C@H](Cc2ccccn2)C2CC(O)C2)cc1=O. The number of nitrogens with one attached hydrogen (secondary N) is 1. The lowest BCUT2D eigenvalue weighted by molar-refractivity contribution is 0.0238. The molecule has 1 atom stereocenters. The molecule has 24 heavy (non-hydrogen) atoms. The van der Waals surface area contributed by atoms with Crippen LogP contribution in [0.25, 0.3) is 0 Å². The van der Waals surface area contributed by atoms with E-state index in [0.29, 0.717) is 24.8 Å². The third-order valence-electron chi connectivity index (χ3n) is 4.56. The van der Waals surface area contributed by atoms with Gasteiger partial charge in [-0.15, -0.1) is 0 Å². The van der Waals surface area contributed by atoms with Crippen LogP contribution in [-0.4, -0.2) is 32.7 Å². The number of rotatable bonds is 5. The summed E-state index contributed by atoms with van der Waals surface area (Å²) in [6, 6.07) is 8.54. The molecule has 1 aliphatic carbocycles. The van der Waals surface area contributed by atoms with Gasteiger partial charge in [-0.05, 0) is 37.0 Å². The smallest absolute Gasteiger partial charge is 0.251 e. The van der Waals surface area contributed by atoms with Gasteiger partial charge in [0.15, 0.2) is 0 Å². The summed E-state index contributed by atoms with van der Waals surface area (Å²) in [5.41, 5.74) is 1.03. The van der Waals surface area contributed by atoms with Crippen molar-refractivity contribution in [3.05, 3.63) is 64.3 Å². The van der Waals surface area contributed by atoms with Gasteiger partial charge in [-0.3, -0.25) is 14.6 Å². The molecule has 2 aromatic heterocycles. The fourth-order valence-electron chi connectivity index (χ4n) is 2.98. The Morgan fingerprint density at radius 1 is 1.42 bits per heavy atom. The van der Waals surface area contributed by atoms with Crippen molar-refractivity contribution in [2.45, 2.75) is 31.4 Å².